The second kappa shape index (κ2) is 8.44. The molecule has 1 aliphatic heterocycles. The van der Waals surface area contributed by atoms with Gasteiger partial charge in [0.05, 0.1) is 13.0 Å². The molecule has 0 aliphatic carbocycles. The van der Waals surface area contributed by atoms with E-state index >= 15 is 0 Å². The third-order valence-corrected chi connectivity index (χ3v) is 4.19. The Morgan fingerprint density at radius 3 is 2.36 bits per heavy atom. The van der Waals surface area contributed by atoms with Crippen molar-refractivity contribution in [3.05, 3.63) is 71.8 Å². The monoisotopic (exact) mass is 338 g/mol. The number of ether oxygens (including phenoxy) is 1. The molecule has 0 spiro atoms. The average molecular weight is 338 g/mol. The Kier molecular flexibility index (Phi) is 5.80. The van der Waals surface area contributed by atoms with Crippen LogP contribution in [0.25, 0.3) is 0 Å². The van der Waals surface area contributed by atoms with Gasteiger partial charge in [0.1, 0.15) is 6.10 Å². The molecule has 1 atom stereocenters. The molecule has 1 unspecified atom stereocenters. The van der Waals surface area contributed by atoms with E-state index in [1.165, 1.54) is 0 Å². The molecule has 5 nitrogen and oxygen atoms in total. The highest BCUT2D eigenvalue weighted by Gasteiger charge is 2.31. The summed E-state index contributed by atoms with van der Waals surface area (Å²) in [4.78, 5) is 26.5. The van der Waals surface area contributed by atoms with E-state index in [4.69, 9.17) is 4.74 Å². The van der Waals surface area contributed by atoms with E-state index in [0.29, 0.717) is 26.2 Å². The standard InChI is InChI=1S/C20H22N2O3/c23-19(21-14-16-7-3-1-4-8-16)13-18-20(24)22(11-12-25-18)15-17-9-5-2-6-10-17/h1-10,18H,11-15H2,(H,21,23). The molecular formula is C20H22N2O3. The Labute approximate surface area is 147 Å². The van der Waals surface area contributed by atoms with Crippen molar-refractivity contribution in [2.45, 2.75) is 25.6 Å². The molecule has 1 saturated heterocycles. The summed E-state index contributed by atoms with van der Waals surface area (Å²) < 4.78 is 5.53. The average Bonchev–Trinajstić information content (AvgIpc) is 2.65. The number of rotatable bonds is 6. The van der Waals surface area contributed by atoms with Gasteiger partial charge in [-0.15, -0.1) is 0 Å². The van der Waals surface area contributed by atoms with Crippen LogP contribution >= 0.6 is 0 Å². The predicted octanol–water partition coefficient (Wildman–Crippen LogP) is 2.12. The number of benzene rings is 2. The van der Waals surface area contributed by atoms with E-state index in [9.17, 15) is 9.59 Å². The maximum atomic E-state index is 12.6. The Bertz CT molecular complexity index is 703. The fourth-order valence-electron chi connectivity index (χ4n) is 2.83. The zero-order valence-electron chi connectivity index (χ0n) is 14.1. The molecule has 130 valence electrons. The molecule has 0 aromatic heterocycles. The number of amides is 2. The van der Waals surface area contributed by atoms with Gasteiger partial charge in [-0.2, -0.15) is 0 Å². The second-order valence-electron chi connectivity index (χ2n) is 6.07. The van der Waals surface area contributed by atoms with Crippen molar-refractivity contribution in [1.29, 1.82) is 0 Å². The lowest BCUT2D eigenvalue weighted by Gasteiger charge is -2.32. The summed E-state index contributed by atoms with van der Waals surface area (Å²) in [5.41, 5.74) is 2.10. The van der Waals surface area contributed by atoms with E-state index in [2.05, 4.69) is 5.32 Å². The molecule has 2 aromatic rings. The van der Waals surface area contributed by atoms with Crippen molar-refractivity contribution < 1.29 is 14.3 Å². The van der Waals surface area contributed by atoms with Crippen molar-refractivity contribution in [3.63, 3.8) is 0 Å². The minimum Gasteiger partial charge on any atom is -0.366 e. The van der Waals surface area contributed by atoms with Crippen molar-refractivity contribution in [3.8, 4) is 0 Å². The minimum atomic E-state index is -0.701. The minimum absolute atomic E-state index is 0.0525. The number of hydrogen-bond donors (Lipinski definition) is 1. The molecule has 25 heavy (non-hydrogen) atoms. The van der Waals surface area contributed by atoms with Crippen molar-refractivity contribution in [1.82, 2.24) is 10.2 Å². The van der Waals surface area contributed by atoms with Crippen molar-refractivity contribution >= 4 is 11.8 Å². The topological polar surface area (TPSA) is 58.6 Å². The van der Waals surface area contributed by atoms with Gasteiger partial charge in [-0.05, 0) is 11.1 Å². The lowest BCUT2D eigenvalue weighted by atomic mass is 10.1. The van der Waals surface area contributed by atoms with Crippen LogP contribution in [-0.4, -0.2) is 36.0 Å². The third-order valence-electron chi connectivity index (χ3n) is 4.19. The van der Waals surface area contributed by atoms with Crippen LogP contribution in [0.1, 0.15) is 17.5 Å². The fourth-order valence-corrected chi connectivity index (χ4v) is 2.83. The number of carbonyl (C=O) groups is 2. The Morgan fingerprint density at radius 2 is 1.68 bits per heavy atom. The summed E-state index contributed by atoms with van der Waals surface area (Å²) in [7, 11) is 0. The first-order valence-electron chi connectivity index (χ1n) is 8.47. The van der Waals surface area contributed by atoms with Gasteiger partial charge in [0, 0.05) is 19.6 Å². The van der Waals surface area contributed by atoms with Crippen LogP contribution in [0.15, 0.2) is 60.7 Å². The van der Waals surface area contributed by atoms with Gasteiger partial charge in [-0.25, -0.2) is 0 Å². The highest BCUT2D eigenvalue weighted by atomic mass is 16.5. The first-order chi connectivity index (χ1) is 12.2. The van der Waals surface area contributed by atoms with Crippen LogP contribution in [0, 0.1) is 0 Å². The first kappa shape index (κ1) is 17.2. The van der Waals surface area contributed by atoms with Gasteiger partial charge >= 0.3 is 0 Å². The van der Waals surface area contributed by atoms with Crippen LogP contribution in [0.3, 0.4) is 0 Å². The van der Waals surface area contributed by atoms with E-state index < -0.39 is 6.10 Å². The number of hydrogen-bond acceptors (Lipinski definition) is 3. The van der Waals surface area contributed by atoms with E-state index in [-0.39, 0.29) is 18.2 Å². The fraction of sp³-hybridized carbons (Fsp3) is 0.300. The quantitative estimate of drug-likeness (QED) is 0.878. The lowest BCUT2D eigenvalue weighted by molar-refractivity contribution is -0.156. The molecule has 5 heteroatoms. The molecule has 1 fully saturated rings. The zero-order valence-corrected chi connectivity index (χ0v) is 14.1. The van der Waals surface area contributed by atoms with Gasteiger partial charge in [0.2, 0.25) is 5.91 Å². The van der Waals surface area contributed by atoms with Crippen LogP contribution in [0.5, 0.6) is 0 Å². The molecule has 0 bridgehead atoms. The summed E-state index contributed by atoms with van der Waals surface area (Å²) in [5, 5.41) is 2.84. The smallest absolute Gasteiger partial charge is 0.252 e. The van der Waals surface area contributed by atoms with E-state index in [1.807, 2.05) is 60.7 Å². The maximum Gasteiger partial charge on any atom is 0.252 e. The third kappa shape index (κ3) is 4.90. The largest absolute Gasteiger partial charge is 0.366 e. The summed E-state index contributed by atoms with van der Waals surface area (Å²) in [6.07, 6.45) is -0.648. The normalized spacial score (nSPS) is 17.4. The molecule has 2 amide bonds. The number of carbonyl (C=O) groups excluding carboxylic acids is 2. The first-order valence-corrected chi connectivity index (χ1v) is 8.47. The van der Waals surface area contributed by atoms with Gasteiger partial charge in [-0.3, -0.25) is 9.59 Å². The number of nitrogens with zero attached hydrogens (tertiary/aromatic N) is 1. The van der Waals surface area contributed by atoms with Gasteiger partial charge in [0.25, 0.3) is 5.91 Å². The highest BCUT2D eigenvalue weighted by molar-refractivity contribution is 5.88. The molecule has 1 N–H and O–H groups in total. The Morgan fingerprint density at radius 1 is 1.04 bits per heavy atom. The van der Waals surface area contributed by atoms with Crippen LogP contribution in [0.2, 0.25) is 0 Å². The molecule has 0 saturated carbocycles. The Balaban J connectivity index is 1.51. The number of morpholine rings is 1. The summed E-state index contributed by atoms with van der Waals surface area (Å²) in [6, 6.07) is 19.5. The van der Waals surface area contributed by atoms with Gasteiger partial charge in [-0.1, -0.05) is 60.7 Å². The summed E-state index contributed by atoms with van der Waals surface area (Å²) in [6.45, 7) is 2.00. The van der Waals surface area contributed by atoms with Gasteiger partial charge < -0.3 is 15.0 Å². The van der Waals surface area contributed by atoms with E-state index in [0.717, 1.165) is 11.1 Å². The van der Waals surface area contributed by atoms with Gasteiger partial charge in [0.15, 0.2) is 0 Å². The van der Waals surface area contributed by atoms with Crippen LogP contribution in [0.4, 0.5) is 0 Å². The SMILES string of the molecule is O=C(CC1OCCN(Cc2ccccc2)C1=O)NCc1ccccc1. The number of nitrogens with one attached hydrogen (secondary N) is 1. The molecule has 1 heterocycles. The van der Waals surface area contributed by atoms with Crippen LogP contribution < -0.4 is 5.32 Å². The molecule has 1 aliphatic rings. The zero-order chi connectivity index (χ0) is 17.5. The molecule has 3 rings (SSSR count). The Hall–Kier alpha value is -2.66. The van der Waals surface area contributed by atoms with E-state index in [1.54, 1.807) is 4.90 Å². The highest BCUT2D eigenvalue weighted by Crippen LogP contribution is 2.14. The second-order valence-corrected chi connectivity index (χ2v) is 6.07. The molecular weight excluding hydrogens is 316 g/mol. The molecule has 0 radical (unpaired) electrons. The summed E-state index contributed by atoms with van der Waals surface area (Å²) >= 11 is 0. The van der Waals surface area contributed by atoms with Crippen molar-refractivity contribution in [2.75, 3.05) is 13.2 Å². The van der Waals surface area contributed by atoms with Crippen LogP contribution in [-0.2, 0) is 27.4 Å². The summed E-state index contributed by atoms with van der Waals surface area (Å²) in [5.74, 6) is -0.297. The molecule has 2 aromatic carbocycles. The lowest BCUT2D eigenvalue weighted by Crippen LogP contribution is -2.48. The predicted molar refractivity (Wildman–Crippen MR) is 94.5 cm³/mol. The maximum absolute atomic E-state index is 12.6. The van der Waals surface area contributed by atoms with Crippen molar-refractivity contribution in [2.24, 2.45) is 0 Å².